The number of carbonyl (C=O) groups excluding carboxylic acids is 1. The van der Waals surface area contributed by atoms with Crippen LogP contribution in [0.4, 0.5) is 24.0 Å². The van der Waals surface area contributed by atoms with Gasteiger partial charge < -0.3 is 20.3 Å². The molecule has 246 valence electrons. The number of aromatic nitrogens is 2. The van der Waals surface area contributed by atoms with Crippen molar-refractivity contribution in [3.8, 4) is 29.3 Å². The monoisotopic (exact) mass is 672 g/mol. The summed E-state index contributed by atoms with van der Waals surface area (Å²) in [6.07, 6.45) is 2.86. The zero-order valence-electron chi connectivity index (χ0n) is 26.1. The lowest BCUT2D eigenvalue weighted by Gasteiger charge is -2.31. The van der Waals surface area contributed by atoms with Crippen LogP contribution in [0.3, 0.4) is 0 Å². The average molecular weight is 673 g/mol. The number of nitrogens with two attached hydrogens (primary N) is 1. The molecule has 2 N–H and O–H groups in total. The predicted molar refractivity (Wildman–Crippen MR) is 176 cm³/mol. The van der Waals surface area contributed by atoms with Crippen molar-refractivity contribution in [3.63, 3.8) is 0 Å². The minimum absolute atomic E-state index is 0.0111. The Bertz CT molecular complexity index is 2090. The number of likely N-dealkylation sites (tertiary alicyclic amines) is 1. The molecule has 0 bridgehead atoms. The van der Waals surface area contributed by atoms with Gasteiger partial charge in [0.05, 0.1) is 27.4 Å². The van der Waals surface area contributed by atoms with Gasteiger partial charge in [-0.3, -0.25) is 9.69 Å². The van der Waals surface area contributed by atoms with E-state index < -0.39 is 23.3 Å². The van der Waals surface area contributed by atoms with Gasteiger partial charge in [-0.05, 0) is 49.6 Å². The molecule has 3 aliphatic rings. The van der Waals surface area contributed by atoms with Crippen LogP contribution in [0.2, 0.25) is 0 Å². The van der Waals surface area contributed by atoms with Gasteiger partial charge in [0.15, 0.2) is 5.82 Å². The molecule has 0 aliphatic carbocycles. The van der Waals surface area contributed by atoms with Gasteiger partial charge in [0.25, 0.3) is 0 Å². The van der Waals surface area contributed by atoms with E-state index in [0.717, 1.165) is 36.8 Å². The van der Waals surface area contributed by atoms with Gasteiger partial charge in [-0.1, -0.05) is 12.6 Å². The Morgan fingerprint density at radius 3 is 2.83 bits per heavy atom. The zero-order chi connectivity index (χ0) is 33.9. The Morgan fingerprint density at radius 1 is 1.27 bits per heavy atom. The summed E-state index contributed by atoms with van der Waals surface area (Å²) in [6, 6.07) is 7.68. The van der Waals surface area contributed by atoms with Gasteiger partial charge in [0.2, 0.25) is 5.91 Å². The van der Waals surface area contributed by atoms with Crippen molar-refractivity contribution in [1.82, 2.24) is 19.8 Å². The Balaban J connectivity index is 1.40. The van der Waals surface area contributed by atoms with Crippen molar-refractivity contribution in [2.24, 2.45) is 0 Å². The van der Waals surface area contributed by atoms with Crippen LogP contribution < -0.4 is 15.4 Å². The number of ether oxygens (including phenoxy) is 1. The smallest absolute Gasteiger partial charge is 0.319 e. The van der Waals surface area contributed by atoms with E-state index in [4.69, 9.17) is 15.5 Å². The quantitative estimate of drug-likeness (QED) is 0.260. The van der Waals surface area contributed by atoms with E-state index in [-0.39, 0.29) is 78.6 Å². The summed E-state index contributed by atoms with van der Waals surface area (Å²) in [5, 5.41) is 20.6. The van der Waals surface area contributed by atoms with E-state index in [0.29, 0.717) is 32.5 Å². The van der Waals surface area contributed by atoms with Crippen LogP contribution in [-0.2, 0) is 4.79 Å². The molecule has 3 saturated heterocycles. The van der Waals surface area contributed by atoms with Gasteiger partial charge in [-0.25, -0.2) is 13.2 Å². The lowest BCUT2D eigenvalue weighted by molar-refractivity contribution is -0.125. The summed E-state index contributed by atoms with van der Waals surface area (Å²) in [7, 11) is 1.77. The molecule has 5 heterocycles. The summed E-state index contributed by atoms with van der Waals surface area (Å²) in [5.74, 6) is -1.43. The molecule has 7 rings (SSSR count). The maximum Gasteiger partial charge on any atom is 0.319 e. The molecule has 0 radical (unpaired) electrons. The molecule has 3 fully saturated rings. The summed E-state index contributed by atoms with van der Waals surface area (Å²) in [4.78, 5) is 27.1. The standard InChI is InChI=1S/C34H31F3N8O2S/c1-3-25(46)44-10-7-20(16-44)43(2)32-22-11-18(13-38)26(21-5-6-24(36)30-27(21)23(14-39)31(40)48-30)28(37)29(22)41-33(42-32)47-17-34-8-4-9-45(34)15-19(35)12-34/h3,5-6,11,19-20H,1,4,7-10,12,15-17,40H2,2H3. The first-order valence-corrected chi connectivity index (χ1v) is 16.4. The van der Waals surface area contributed by atoms with Crippen LogP contribution in [-0.4, -0.2) is 83.3 Å². The highest BCUT2D eigenvalue weighted by atomic mass is 32.1. The third-order valence-electron chi connectivity index (χ3n) is 9.97. The number of carbonyl (C=O) groups is 1. The SMILES string of the molecule is C=CC(=O)N1CCC(N(C)c2nc(OCC34CCCN3CC(F)C4)nc3c(F)c(-c4ccc(F)c5sc(N)c(C#N)c45)c(C#N)cc23)C1. The summed E-state index contributed by atoms with van der Waals surface area (Å²) in [5.41, 5.74) is 5.25. The minimum Gasteiger partial charge on any atom is -0.461 e. The molecule has 3 aliphatic heterocycles. The van der Waals surface area contributed by atoms with Gasteiger partial charge in [0, 0.05) is 55.5 Å². The van der Waals surface area contributed by atoms with Crippen molar-refractivity contribution in [2.75, 3.05) is 50.5 Å². The lowest BCUT2D eigenvalue weighted by atomic mass is 9.93. The maximum atomic E-state index is 17.1. The Labute approximate surface area is 278 Å². The molecule has 48 heavy (non-hydrogen) atoms. The Morgan fingerprint density at radius 2 is 2.08 bits per heavy atom. The molecule has 0 spiro atoms. The number of amides is 1. The number of halogens is 3. The Hall–Kier alpha value is -4.92. The first-order chi connectivity index (χ1) is 23.1. The number of likely N-dealkylation sites (N-methyl/N-ethyl adjacent to an activating group) is 1. The highest BCUT2D eigenvalue weighted by Gasteiger charge is 2.49. The van der Waals surface area contributed by atoms with Crippen molar-refractivity contribution in [3.05, 3.63) is 53.6 Å². The largest absolute Gasteiger partial charge is 0.461 e. The first-order valence-electron chi connectivity index (χ1n) is 15.6. The van der Waals surface area contributed by atoms with Gasteiger partial charge in [0.1, 0.15) is 41.0 Å². The van der Waals surface area contributed by atoms with Crippen LogP contribution in [0, 0.1) is 34.3 Å². The summed E-state index contributed by atoms with van der Waals surface area (Å²) >= 11 is 0.872. The fraction of sp³-hybridized carbons (Fsp3) is 0.382. The summed E-state index contributed by atoms with van der Waals surface area (Å²) < 4.78 is 52.7. The molecular formula is C34H31F3N8O2S. The lowest BCUT2D eigenvalue weighted by Crippen LogP contribution is -2.43. The number of thiophene rings is 1. The average Bonchev–Trinajstić information content (AvgIpc) is 3.86. The topological polar surface area (TPSA) is 135 Å². The van der Waals surface area contributed by atoms with E-state index in [1.54, 1.807) is 11.9 Å². The third-order valence-corrected chi connectivity index (χ3v) is 11.0. The van der Waals surface area contributed by atoms with Crippen molar-refractivity contribution in [2.45, 2.75) is 43.4 Å². The molecule has 0 saturated carbocycles. The molecule has 1 amide bonds. The summed E-state index contributed by atoms with van der Waals surface area (Å²) in [6.45, 7) is 5.63. The van der Waals surface area contributed by atoms with E-state index in [9.17, 15) is 24.1 Å². The molecular weight excluding hydrogens is 641 g/mol. The molecule has 14 heteroatoms. The number of rotatable bonds is 7. The van der Waals surface area contributed by atoms with Gasteiger partial charge >= 0.3 is 6.01 Å². The van der Waals surface area contributed by atoms with E-state index in [1.807, 2.05) is 11.0 Å². The fourth-order valence-electron chi connectivity index (χ4n) is 7.59. The predicted octanol–water partition coefficient (Wildman–Crippen LogP) is 5.29. The minimum atomic E-state index is -0.974. The normalized spacial score (nSPS) is 22.2. The second-order valence-corrected chi connectivity index (χ2v) is 13.7. The number of anilines is 2. The van der Waals surface area contributed by atoms with Crippen LogP contribution >= 0.6 is 11.3 Å². The van der Waals surface area contributed by atoms with E-state index in [2.05, 4.69) is 22.5 Å². The van der Waals surface area contributed by atoms with Crippen molar-refractivity contribution in [1.29, 1.82) is 10.5 Å². The van der Waals surface area contributed by atoms with Crippen LogP contribution in [0.15, 0.2) is 30.9 Å². The molecule has 3 atom stereocenters. The van der Waals surface area contributed by atoms with Crippen molar-refractivity contribution >= 4 is 49.1 Å². The molecule has 4 aromatic rings. The second-order valence-electron chi connectivity index (χ2n) is 12.6. The van der Waals surface area contributed by atoms with Crippen LogP contribution in [0.25, 0.3) is 32.1 Å². The maximum absolute atomic E-state index is 17.1. The van der Waals surface area contributed by atoms with E-state index >= 15 is 4.39 Å². The van der Waals surface area contributed by atoms with Crippen molar-refractivity contribution < 1.29 is 22.7 Å². The molecule has 2 aromatic heterocycles. The number of alkyl halides is 1. The fourth-order valence-corrected chi connectivity index (χ4v) is 8.54. The number of hydrogen-bond acceptors (Lipinski definition) is 10. The second kappa shape index (κ2) is 12.0. The number of hydrogen-bond donors (Lipinski definition) is 1. The number of fused-ring (bicyclic) bond motifs is 3. The number of nitrogen functional groups attached to an aromatic ring is 1. The van der Waals surface area contributed by atoms with Gasteiger partial charge in [-0.2, -0.15) is 20.5 Å². The molecule has 10 nitrogen and oxygen atoms in total. The number of nitrogens with zero attached hydrogens (tertiary/aromatic N) is 7. The van der Waals surface area contributed by atoms with E-state index in [1.165, 1.54) is 18.2 Å². The highest BCUT2D eigenvalue weighted by molar-refractivity contribution is 7.23. The first kappa shape index (κ1) is 31.7. The van der Waals surface area contributed by atoms with Gasteiger partial charge in [-0.15, -0.1) is 11.3 Å². The number of benzene rings is 2. The third kappa shape index (κ3) is 4.98. The zero-order valence-corrected chi connectivity index (χ0v) is 26.9. The Kier molecular flexibility index (Phi) is 7.89. The van der Waals surface area contributed by atoms with Crippen LogP contribution in [0.1, 0.15) is 36.8 Å². The highest BCUT2D eigenvalue weighted by Crippen LogP contribution is 2.45. The van der Waals surface area contributed by atoms with Crippen LogP contribution in [0.5, 0.6) is 6.01 Å². The molecule has 2 aromatic carbocycles. The number of nitriles is 2. The molecule has 3 unspecified atom stereocenters.